The quantitative estimate of drug-likeness (QED) is 0.903. The van der Waals surface area contributed by atoms with Crippen molar-refractivity contribution < 1.29 is 18.7 Å². The van der Waals surface area contributed by atoms with Crippen molar-refractivity contribution in [1.82, 2.24) is 0 Å². The van der Waals surface area contributed by atoms with Crippen LogP contribution in [0.2, 0.25) is 0 Å². The summed E-state index contributed by atoms with van der Waals surface area (Å²) in [5.41, 5.74) is -1.39. The first-order valence-electron chi connectivity index (χ1n) is 6.65. The Morgan fingerprint density at radius 1 is 1.26 bits per heavy atom. The van der Waals surface area contributed by atoms with Crippen molar-refractivity contribution in [2.24, 2.45) is 5.92 Å². The van der Waals surface area contributed by atoms with Gasteiger partial charge in [-0.25, -0.2) is 8.78 Å². The summed E-state index contributed by atoms with van der Waals surface area (Å²) >= 11 is 0. The topological polar surface area (TPSA) is 37.3 Å². The van der Waals surface area contributed by atoms with Crippen molar-refractivity contribution in [2.75, 3.05) is 0 Å². The van der Waals surface area contributed by atoms with Crippen LogP contribution in [0.3, 0.4) is 0 Å². The molecule has 1 aromatic carbocycles. The molecule has 1 aromatic rings. The second-order valence-corrected chi connectivity index (χ2v) is 5.44. The van der Waals surface area contributed by atoms with Crippen LogP contribution in [0.15, 0.2) is 18.2 Å². The molecule has 2 nitrogen and oxygen atoms in total. The molecule has 4 heteroatoms. The fraction of sp³-hybridized carbons (Fsp3) is 0.533. The lowest BCUT2D eigenvalue weighted by Gasteiger charge is -2.37. The molecule has 0 radical (unpaired) electrons. The minimum Gasteiger partial charge on any atom is -0.481 e. The van der Waals surface area contributed by atoms with Gasteiger partial charge in [0.2, 0.25) is 0 Å². The lowest BCUT2D eigenvalue weighted by atomic mass is 9.66. The number of carbonyl (C=O) groups is 1. The molecule has 2 rings (SSSR count). The molecule has 1 fully saturated rings. The number of carboxylic acids is 1. The summed E-state index contributed by atoms with van der Waals surface area (Å²) < 4.78 is 27.3. The predicted octanol–water partition coefficient (Wildman–Crippen LogP) is 3.89. The molecule has 1 aliphatic rings. The minimum absolute atomic E-state index is 0.0353. The third-order valence-electron chi connectivity index (χ3n) is 4.38. The van der Waals surface area contributed by atoms with Crippen LogP contribution in [-0.4, -0.2) is 11.1 Å². The van der Waals surface area contributed by atoms with Crippen molar-refractivity contribution in [2.45, 2.75) is 44.4 Å². The van der Waals surface area contributed by atoms with Crippen LogP contribution >= 0.6 is 0 Å². The average molecular weight is 268 g/mol. The van der Waals surface area contributed by atoms with Gasteiger partial charge in [-0.2, -0.15) is 0 Å². The van der Waals surface area contributed by atoms with E-state index < -0.39 is 23.0 Å². The van der Waals surface area contributed by atoms with Crippen molar-refractivity contribution in [3.63, 3.8) is 0 Å². The SMILES string of the molecule is CC(C(=O)O)(c1cccc(F)c1F)C1CCCCC1. The zero-order valence-electron chi connectivity index (χ0n) is 11.0. The molecule has 1 aliphatic carbocycles. The van der Waals surface area contributed by atoms with Gasteiger partial charge in [0.25, 0.3) is 0 Å². The summed E-state index contributed by atoms with van der Waals surface area (Å²) in [6.07, 6.45) is 4.48. The molecule has 0 saturated heterocycles. The predicted molar refractivity (Wildman–Crippen MR) is 67.9 cm³/mol. The standard InChI is InChI=1S/C15H18F2O2/c1-15(14(18)19,10-6-3-2-4-7-10)11-8-5-9-12(16)13(11)17/h5,8-10H,2-4,6-7H2,1H3,(H,18,19). The monoisotopic (exact) mass is 268 g/mol. The van der Waals surface area contributed by atoms with Gasteiger partial charge in [0.15, 0.2) is 11.6 Å². The molecule has 1 saturated carbocycles. The molecule has 1 N–H and O–H groups in total. The van der Waals surface area contributed by atoms with Crippen molar-refractivity contribution in [3.05, 3.63) is 35.4 Å². The number of hydrogen-bond donors (Lipinski definition) is 1. The minimum atomic E-state index is -1.35. The molecule has 19 heavy (non-hydrogen) atoms. The highest BCUT2D eigenvalue weighted by Crippen LogP contribution is 2.42. The second kappa shape index (κ2) is 5.27. The molecule has 104 valence electrons. The van der Waals surface area contributed by atoms with E-state index in [1.807, 2.05) is 0 Å². The van der Waals surface area contributed by atoms with Gasteiger partial charge in [-0.3, -0.25) is 4.79 Å². The Kier molecular flexibility index (Phi) is 3.88. The van der Waals surface area contributed by atoms with E-state index in [1.54, 1.807) is 0 Å². The lowest BCUT2D eigenvalue weighted by Crippen LogP contribution is -2.42. The summed E-state index contributed by atoms with van der Waals surface area (Å²) in [5.74, 6) is -3.24. The molecular formula is C15H18F2O2. The van der Waals surface area contributed by atoms with Gasteiger partial charge in [0.1, 0.15) is 0 Å². The van der Waals surface area contributed by atoms with Gasteiger partial charge < -0.3 is 5.11 Å². The van der Waals surface area contributed by atoms with Crippen LogP contribution in [0.4, 0.5) is 8.78 Å². The van der Waals surface area contributed by atoms with E-state index in [0.29, 0.717) is 0 Å². The first-order valence-corrected chi connectivity index (χ1v) is 6.65. The van der Waals surface area contributed by atoms with E-state index in [2.05, 4.69) is 0 Å². The average Bonchev–Trinajstić information content (AvgIpc) is 2.42. The molecule has 0 amide bonds. The normalized spacial score (nSPS) is 19.9. The van der Waals surface area contributed by atoms with Crippen LogP contribution in [0.1, 0.15) is 44.6 Å². The molecule has 0 aliphatic heterocycles. The largest absolute Gasteiger partial charge is 0.481 e. The highest BCUT2D eigenvalue weighted by Gasteiger charge is 2.45. The van der Waals surface area contributed by atoms with E-state index >= 15 is 0 Å². The number of rotatable bonds is 3. The fourth-order valence-electron chi connectivity index (χ4n) is 3.09. The lowest BCUT2D eigenvalue weighted by molar-refractivity contribution is -0.146. The Morgan fingerprint density at radius 2 is 1.89 bits per heavy atom. The van der Waals surface area contributed by atoms with Crippen molar-refractivity contribution in [3.8, 4) is 0 Å². The number of benzene rings is 1. The summed E-state index contributed by atoms with van der Waals surface area (Å²) in [6, 6.07) is 3.78. The Hall–Kier alpha value is -1.45. The van der Waals surface area contributed by atoms with E-state index in [-0.39, 0.29) is 11.5 Å². The molecule has 0 spiro atoms. The van der Waals surface area contributed by atoms with Gasteiger partial charge in [-0.1, -0.05) is 31.4 Å². The van der Waals surface area contributed by atoms with Crippen LogP contribution in [0, 0.1) is 17.6 Å². The van der Waals surface area contributed by atoms with E-state index in [9.17, 15) is 18.7 Å². The molecule has 0 bridgehead atoms. The maximum atomic E-state index is 14.0. The Balaban J connectivity index is 2.49. The highest BCUT2D eigenvalue weighted by molar-refractivity contribution is 5.81. The highest BCUT2D eigenvalue weighted by atomic mass is 19.2. The first-order chi connectivity index (χ1) is 8.98. The van der Waals surface area contributed by atoms with E-state index in [0.717, 1.165) is 38.2 Å². The van der Waals surface area contributed by atoms with Crippen LogP contribution in [0.5, 0.6) is 0 Å². The van der Waals surface area contributed by atoms with Crippen LogP contribution in [0.25, 0.3) is 0 Å². The Labute approximate surface area is 111 Å². The smallest absolute Gasteiger partial charge is 0.314 e. The number of carboxylic acid groups (broad SMARTS) is 1. The Bertz CT molecular complexity index is 481. The number of halogens is 2. The van der Waals surface area contributed by atoms with Crippen LogP contribution in [-0.2, 0) is 10.2 Å². The molecule has 1 atom stereocenters. The van der Waals surface area contributed by atoms with Crippen LogP contribution < -0.4 is 0 Å². The third kappa shape index (κ3) is 2.36. The molecule has 0 aromatic heterocycles. The van der Waals surface area contributed by atoms with Crippen molar-refractivity contribution >= 4 is 5.97 Å². The zero-order valence-corrected chi connectivity index (χ0v) is 11.0. The number of hydrogen-bond acceptors (Lipinski definition) is 1. The van der Waals surface area contributed by atoms with Gasteiger partial charge in [0.05, 0.1) is 5.41 Å². The molecular weight excluding hydrogens is 250 g/mol. The summed E-state index contributed by atoms with van der Waals surface area (Å²) in [7, 11) is 0. The summed E-state index contributed by atoms with van der Waals surface area (Å²) in [5, 5.41) is 9.56. The van der Waals surface area contributed by atoms with Gasteiger partial charge >= 0.3 is 5.97 Å². The summed E-state index contributed by atoms with van der Waals surface area (Å²) in [4.78, 5) is 11.7. The third-order valence-corrected chi connectivity index (χ3v) is 4.38. The Morgan fingerprint density at radius 3 is 2.47 bits per heavy atom. The number of aliphatic carboxylic acids is 1. The van der Waals surface area contributed by atoms with Gasteiger partial charge in [-0.15, -0.1) is 0 Å². The molecule has 1 unspecified atom stereocenters. The fourth-order valence-corrected chi connectivity index (χ4v) is 3.09. The van der Waals surface area contributed by atoms with Crippen molar-refractivity contribution in [1.29, 1.82) is 0 Å². The second-order valence-electron chi connectivity index (χ2n) is 5.44. The molecule has 0 heterocycles. The van der Waals surface area contributed by atoms with E-state index in [1.165, 1.54) is 19.1 Å². The maximum Gasteiger partial charge on any atom is 0.314 e. The van der Waals surface area contributed by atoms with Gasteiger partial charge in [-0.05, 0) is 31.7 Å². The zero-order chi connectivity index (χ0) is 14.0. The maximum absolute atomic E-state index is 14.0. The van der Waals surface area contributed by atoms with E-state index in [4.69, 9.17) is 0 Å². The van der Waals surface area contributed by atoms with Gasteiger partial charge in [0, 0.05) is 5.56 Å². The first kappa shape index (κ1) is 14.0. The summed E-state index contributed by atoms with van der Waals surface area (Å²) in [6.45, 7) is 1.52.